The highest BCUT2D eigenvalue weighted by Crippen LogP contribution is 2.61. The van der Waals surface area contributed by atoms with Gasteiger partial charge >= 0.3 is 0 Å². The summed E-state index contributed by atoms with van der Waals surface area (Å²) in [4.78, 5) is 10.7. The molecule has 0 aliphatic heterocycles. The van der Waals surface area contributed by atoms with E-state index in [9.17, 15) is 4.79 Å². The molecule has 4 rings (SSSR count). The van der Waals surface area contributed by atoms with Crippen LogP contribution in [0.1, 0.15) is 45.4 Å². The Balaban J connectivity index is 1.92. The van der Waals surface area contributed by atoms with Crippen molar-refractivity contribution in [2.45, 2.75) is 51.0 Å². The third-order valence-corrected chi connectivity index (χ3v) is 4.72. The van der Waals surface area contributed by atoms with Crippen molar-refractivity contribution in [3.63, 3.8) is 0 Å². The minimum Gasteiger partial charge on any atom is -0.353 e. The van der Waals surface area contributed by atoms with E-state index < -0.39 is 0 Å². The van der Waals surface area contributed by atoms with E-state index in [0.29, 0.717) is 5.41 Å². The zero-order valence-corrected chi connectivity index (χ0v) is 8.88. The van der Waals surface area contributed by atoms with Crippen molar-refractivity contribution in [3.05, 3.63) is 0 Å². The number of rotatable bonds is 2. The van der Waals surface area contributed by atoms with Gasteiger partial charge in [0.25, 0.3) is 0 Å². The second kappa shape index (κ2) is 2.53. The predicted molar refractivity (Wildman–Crippen MR) is 54.7 cm³/mol. The molecule has 4 aliphatic carbocycles. The summed E-state index contributed by atoms with van der Waals surface area (Å²) in [5.41, 5.74) is 0.737. The first-order chi connectivity index (χ1) is 6.63. The highest BCUT2D eigenvalue weighted by molar-refractivity contribution is 5.48. The molecule has 78 valence electrons. The first-order valence-corrected chi connectivity index (χ1v) is 5.85. The minimum absolute atomic E-state index is 0.195. The van der Waals surface area contributed by atoms with Crippen LogP contribution in [0.2, 0.25) is 0 Å². The van der Waals surface area contributed by atoms with E-state index >= 15 is 0 Å². The van der Waals surface area contributed by atoms with E-state index in [-0.39, 0.29) is 5.54 Å². The van der Waals surface area contributed by atoms with E-state index in [0.717, 1.165) is 18.2 Å². The maximum atomic E-state index is 10.7. The van der Waals surface area contributed by atoms with E-state index in [1.807, 2.05) is 0 Å². The first-order valence-electron chi connectivity index (χ1n) is 5.85. The summed E-state index contributed by atoms with van der Waals surface area (Å²) in [7, 11) is 0. The molecule has 0 spiro atoms. The lowest BCUT2D eigenvalue weighted by Crippen LogP contribution is -2.60. The average Bonchev–Trinajstić information content (AvgIpc) is 1.97. The zero-order valence-electron chi connectivity index (χ0n) is 8.88. The van der Waals surface area contributed by atoms with Gasteiger partial charge in [0, 0.05) is 5.54 Å². The Kier molecular flexibility index (Phi) is 1.58. The van der Waals surface area contributed by atoms with Gasteiger partial charge in [-0.2, -0.15) is 0 Å². The zero-order chi connectivity index (χ0) is 9.81. The molecule has 0 radical (unpaired) electrons. The van der Waals surface area contributed by atoms with Crippen LogP contribution in [-0.4, -0.2) is 11.9 Å². The summed E-state index contributed by atoms with van der Waals surface area (Å²) in [6, 6.07) is 0. The van der Waals surface area contributed by atoms with Crippen molar-refractivity contribution in [1.29, 1.82) is 0 Å². The van der Waals surface area contributed by atoms with Crippen molar-refractivity contribution < 1.29 is 4.79 Å². The number of carbonyl (C=O) groups is 1. The van der Waals surface area contributed by atoms with Crippen molar-refractivity contribution in [1.82, 2.24) is 5.32 Å². The molecule has 1 N–H and O–H groups in total. The van der Waals surface area contributed by atoms with Crippen LogP contribution in [-0.2, 0) is 4.79 Å². The minimum atomic E-state index is 0.195. The van der Waals surface area contributed by atoms with Crippen LogP contribution in [0.15, 0.2) is 0 Å². The van der Waals surface area contributed by atoms with Crippen molar-refractivity contribution in [2.75, 3.05) is 0 Å². The van der Waals surface area contributed by atoms with Gasteiger partial charge < -0.3 is 5.32 Å². The molecule has 0 aromatic heterocycles. The standard InChI is InChI=1S/C12H19NO/c1-11-3-9-2-10(4-11)6-12(5-9,7-11)13-8-14/h8-10H,2-7H2,1H3,(H,13,14)/t9-,10-,11?,12?/m1/s1. The predicted octanol–water partition coefficient (Wildman–Crippen LogP) is 2.09. The molecule has 4 saturated carbocycles. The Labute approximate surface area is 85.4 Å². The molecule has 2 atom stereocenters. The van der Waals surface area contributed by atoms with Gasteiger partial charge in [0.2, 0.25) is 6.41 Å². The molecule has 14 heavy (non-hydrogen) atoms. The lowest BCUT2D eigenvalue weighted by Gasteiger charge is -2.61. The van der Waals surface area contributed by atoms with E-state index in [1.54, 1.807) is 0 Å². The van der Waals surface area contributed by atoms with Gasteiger partial charge in [-0.25, -0.2) is 0 Å². The molecule has 1 amide bonds. The highest BCUT2D eigenvalue weighted by Gasteiger charge is 2.55. The monoisotopic (exact) mass is 193 g/mol. The maximum Gasteiger partial charge on any atom is 0.207 e. The molecule has 4 bridgehead atoms. The number of amides is 1. The molecule has 2 heteroatoms. The van der Waals surface area contributed by atoms with Crippen molar-refractivity contribution in [3.8, 4) is 0 Å². The fourth-order valence-corrected chi connectivity index (χ4v) is 5.01. The van der Waals surface area contributed by atoms with Gasteiger partial charge in [-0.05, 0) is 55.8 Å². The summed E-state index contributed by atoms with van der Waals surface area (Å²) in [5.74, 6) is 1.79. The van der Waals surface area contributed by atoms with Crippen molar-refractivity contribution in [2.24, 2.45) is 17.3 Å². The van der Waals surface area contributed by atoms with Crippen LogP contribution in [0, 0.1) is 17.3 Å². The number of hydrogen-bond donors (Lipinski definition) is 1. The third-order valence-electron chi connectivity index (χ3n) is 4.72. The molecule has 2 nitrogen and oxygen atoms in total. The second-order valence-corrected chi connectivity index (χ2v) is 6.31. The largest absolute Gasteiger partial charge is 0.353 e. The van der Waals surface area contributed by atoms with Crippen molar-refractivity contribution >= 4 is 6.41 Å². The second-order valence-electron chi connectivity index (χ2n) is 6.31. The smallest absolute Gasteiger partial charge is 0.207 e. The number of hydrogen-bond acceptors (Lipinski definition) is 1. The van der Waals surface area contributed by atoms with Crippen LogP contribution < -0.4 is 5.32 Å². The fraction of sp³-hybridized carbons (Fsp3) is 0.917. The van der Waals surface area contributed by atoms with Crippen LogP contribution in [0.3, 0.4) is 0 Å². The lowest BCUT2D eigenvalue weighted by molar-refractivity contribution is -0.118. The Morgan fingerprint density at radius 2 is 1.86 bits per heavy atom. The topological polar surface area (TPSA) is 29.1 Å². The van der Waals surface area contributed by atoms with Crippen LogP contribution >= 0.6 is 0 Å². The fourth-order valence-electron chi connectivity index (χ4n) is 5.01. The Morgan fingerprint density at radius 3 is 2.36 bits per heavy atom. The van der Waals surface area contributed by atoms with Gasteiger partial charge in [0.15, 0.2) is 0 Å². The first kappa shape index (κ1) is 8.75. The highest BCUT2D eigenvalue weighted by atomic mass is 16.1. The molecular weight excluding hydrogens is 174 g/mol. The molecule has 4 aliphatic rings. The number of carbonyl (C=O) groups excluding carboxylic acids is 1. The Bertz CT molecular complexity index is 259. The summed E-state index contributed by atoms with van der Waals surface area (Å²) < 4.78 is 0. The quantitative estimate of drug-likeness (QED) is 0.668. The molecule has 0 aromatic carbocycles. The summed E-state index contributed by atoms with van der Waals surface area (Å²) in [5, 5.41) is 3.13. The van der Waals surface area contributed by atoms with Crippen LogP contribution in [0.4, 0.5) is 0 Å². The van der Waals surface area contributed by atoms with Crippen LogP contribution in [0.5, 0.6) is 0 Å². The van der Waals surface area contributed by atoms with E-state index in [1.165, 1.54) is 38.5 Å². The van der Waals surface area contributed by atoms with Gasteiger partial charge in [-0.15, -0.1) is 0 Å². The summed E-state index contributed by atoms with van der Waals surface area (Å²) >= 11 is 0. The SMILES string of the molecule is CC12C[C@H]3C[C@H](C1)CC(NC=O)(C3)C2. The average molecular weight is 193 g/mol. The van der Waals surface area contributed by atoms with E-state index in [4.69, 9.17) is 0 Å². The molecular formula is C12H19NO. The molecule has 0 aromatic rings. The van der Waals surface area contributed by atoms with Gasteiger partial charge in [-0.3, -0.25) is 4.79 Å². The van der Waals surface area contributed by atoms with Gasteiger partial charge in [0.05, 0.1) is 0 Å². The summed E-state index contributed by atoms with van der Waals surface area (Å²) in [6.45, 7) is 2.42. The maximum absolute atomic E-state index is 10.7. The third kappa shape index (κ3) is 1.12. The molecule has 0 unspecified atom stereocenters. The van der Waals surface area contributed by atoms with E-state index in [2.05, 4.69) is 12.2 Å². The molecule has 0 heterocycles. The Morgan fingerprint density at radius 1 is 1.21 bits per heavy atom. The number of nitrogens with one attached hydrogen (secondary N) is 1. The van der Waals surface area contributed by atoms with Gasteiger partial charge in [0.1, 0.15) is 0 Å². The molecule has 0 saturated heterocycles. The van der Waals surface area contributed by atoms with Crippen LogP contribution in [0.25, 0.3) is 0 Å². The summed E-state index contributed by atoms with van der Waals surface area (Å²) in [6.07, 6.45) is 8.90. The lowest BCUT2D eigenvalue weighted by atomic mass is 9.47. The van der Waals surface area contributed by atoms with Gasteiger partial charge in [-0.1, -0.05) is 6.92 Å². The Hall–Kier alpha value is -0.530. The molecule has 4 fully saturated rings. The normalized spacial score (nSPS) is 54.6.